The molecule has 1 aromatic carbocycles. The summed E-state index contributed by atoms with van der Waals surface area (Å²) >= 11 is 0. The van der Waals surface area contributed by atoms with Crippen LogP contribution < -0.4 is 0 Å². The number of nitrogens with zero attached hydrogens (tertiary/aromatic N) is 1. The maximum Gasteiger partial charge on any atom is 0.334 e. The molecule has 0 fully saturated rings. The van der Waals surface area contributed by atoms with Crippen molar-refractivity contribution in [3.63, 3.8) is 0 Å². The Morgan fingerprint density at radius 3 is 2.62 bits per heavy atom. The molecule has 2 rings (SSSR count). The summed E-state index contributed by atoms with van der Waals surface area (Å²) in [4.78, 5) is 11.8. The summed E-state index contributed by atoms with van der Waals surface area (Å²) in [5, 5.41) is 10.5. The van der Waals surface area contributed by atoms with Gasteiger partial charge in [0.15, 0.2) is 0 Å². The van der Waals surface area contributed by atoms with Crippen LogP contribution >= 0.6 is 0 Å². The predicted molar refractivity (Wildman–Crippen MR) is 53.2 cm³/mol. The molecule has 0 radical (unpaired) electrons. The highest BCUT2D eigenvalue weighted by atomic mass is 32.3. The summed E-state index contributed by atoms with van der Waals surface area (Å²) in [5.74, 6) is 0. The SMILES string of the molecule is O=[N+]([O-])c1ccc2c(S(=O)(=O)F)c[nH]c2c1. The lowest BCUT2D eigenvalue weighted by atomic mass is 10.2. The van der Waals surface area contributed by atoms with Crippen LogP contribution in [0.3, 0.4) is 0 Å². The molecule has 8 heteroatoms. The van der Waals surface area contributed by atoms with E-state index in [2.05, 4.69) is 4.98 Å². The molecule has 84 valence electrons. The Kier molecular flexibility index (Phi) is 2.16. The van der Waals surface area contributed by atoms with Gasteiger partial charge in [-0.1, -0.05) is 0 Å². The molecule has 0 saturated carbocycles. The van der Waals surface area contributed by atoms with Crippen molar-refractivity contribution < 1.29 is 17.2 Å². The molecule has 0 aliphatic heterocycles. The molecular formula is C8H5FN2O4S. The van der Waals surface area contributed by atoms with Crippen LogP contribution in [0.4, 0.5) is 9.57 Å². The molecule has 1 N–H and O–H groups in total. The standard InChI is InChI=1S/C8H5FN2O4S/c9-16(14,15)8-4-10-7-3-5(11(12)13)1-2-6(7)8/h1-4,10H. The van der Waals surface area contributed by atoms with E-state index in [-0.39, 0.29) is 16.6 Å². The van der Waals surface area contributed by atoms with Crippen LogP contribution in [0, 0.1) is 10.1 Å². The Balaban J connectivity index is 2.73. The maximum absolute atomic E-state index is 12.8. The van der Waals surface area contributed by atoms with Gasteiger partial charge in [0, 0.05) is 23.7 Å². The number of nitro groups is 1. The van der Waals surface area contributed by atoms with Crippen molar-refractivity contribution in [1.82, 2.24) is 4.98 Å². The topological polar surface area (TPSA) is 93.1 Å². The van der Waals surface area contributed by atoms with Crippen molar-refractivity contribution >= 4 is 26.8 Å². The molecule has 0 atom stereocenters. The normalized spacial score (nSPS) is 11.8. The number of H-pyrrole nitrogens is 1. The molecule has 2 aromatic rings. The first kappa shape index (κ1) is 10.6. The van der Waals surface area contributed by atoms with Gasteiger partial charge in [0.25, 0.3) is 5.69 Å². The third-order valence-electron chi connectivity index (χ3n) is 2.10. The number of fused-ring (bicyclic) bond motifs is 1. The van der Waals surface area contributed by atoms with Crippen LogP contribution in [-0.4, -0.2) is 18.3 Å². The van der Waals surface area contributed by atoms with Gasteiger partial charge in [-0.2, -0.15) is 8.42 Å². The van der Waals surface area contributed by atoms with E-state index in [0.717, 1.165) is 18.3 Å². The molecule has 0 amide bonds. The van der Waals surface area contributed by atoms with Crippen LogP contribution in [0.2, 0.25) is 0 Å². The van der Waals surface area contributed by atoms with E-state index >= 15 is 0 Å². The van der Waals surface area contributed by atoms with Gasteiger partial charge in [0.1, 0.15) is 4.90 Å². The highest BCUT2D eigenvalue weighted by Gasteiger charge is 2.19. The van der Waals surface area contributed by atoms with Crippen molar-refractivity contribution in [1.29, 1.82) is 0 Å². The summed E-state index contributed by atoms with van der Waals surface area (Å²) < 4.78 is 34.2. The number of halogens is 1. The smallest absolute Gasteiger partial charge is 0.334 e. The van der Waals surface area contributed by atoms with Crippen molar-refractivity contribution in [3.8, 4) is 0 Å². The Labute approximate surface area is 89.1 Å². The summed E-state index contributed by atoms with van der Waals surface area (Å²) in [6.45, 7) is 0. The second-order valence-corrected chi connectivity index (χ2v) is 4.39. The van der Waals surface area contributed by atoms with Crippen molar-refractivity contribution in [2.45, 2.75) is 4.90 Å². The van der Waals surface area contributed by atoms with E-state index in [1.165, 1.54) is 6.07 Å². The molecule has 0 unspecified atom stereocenters. The minimum atomic E-state index is -4.82. The monoisotopic (exact) mass is 244 g/mol. The van der Waals surface area contributed by atoms with Gasteiger partial charge in [-0.15, -0.1) is 3.89 Å². The van der Waals surface area contributed by atoms with E-state index in [9.17, 15) is 22.4 Å². The molecule has 16 heavy (non-hydrogen) atoms. The fourth-order valence-electron chi connectivity index (χ4n) is 1.40. The van der Waals surface area contributed by atoms with Gasteiger partial charge in [-0.3, -0.25) is 10.1 Å². The maximum atomic E-state index is 12.8. The summed E-state index contributed by atoms with van der Waals surface area (Å²) in [6, 6.07) is 3.45. The summed E-state index contributed by atoms with van der Waals surface area (Å²) in [6.07, 6.45) is 0.962. The van der Waals surface area contributed by atoms with Crippen molar-refractivity contribution in [3.05, 3.63) is 34.5 Å². The minimum absolute atomic E-state index is 0.0908. The molecule has 0 aliphatic rings. The highest BCUT2D eigenvalue weighted by molar-refractivity contribution is 7.86. The van der Waals surface area contributed by atoms with Crippen molar-refractivity contribution in [2.24, 2.45) is 0 Å². The third-order valence-corrected chi connectivity index (χ3v) is 2.96. The number of rotatable bonds is 2. The van der Waals surface area contributed by atoms with Crippen LogP contribution in [-0.2, 0) is 10.2 Å². The first-order valence-corrected chi connectivity index (χ1v) is 5.48. The molecule has 0 saturated heterocycles. The summed E-state index contributed by atoms with van der Waals surface area (Å²) in [7, 11) is -4.82. The van der Waals surface area contributed by atoms with Crippen LogP contribution in [0.25, 0.3) is 10.9 Å². The number of non-ortho nitro benzene ring substituents is 1. The first-order valence-electron chi connectivity index (χ1n) is 4.10. The summed E-state index contributed by atoms with van der Waals surface area (Å²) in [5.41, 5.74) is 0.00239. The lowest BCUT2D eigenvalue weighted by molar-refractivity contribution is -0.384. The highest BCUT2D eigenvalue weighted by Crippen LogP contribution is 2.27. The zero-order chi connectivity index (χ0) is 11.9. The molecular weight excluding hydrogens is 239 g/mol. The van der Waals surface area contributed by atoms with Crippen LogP contribution in [0.1, 0.15) is 0 Å². The quantitative estimate of drug-likeness (QED) is 0.494. The number of hydrogen-bond acceptors (Lipinski definition) is 4. The van der Waals surface area contributed by atoms with E-state index in [0.29, 0.717) is 0 Å². The van der Waals surface area contributed by atoms with Crippen molar-refractivity contribution in [2.75, 3.05) is 0 Å². The number of aromatic nitrogens is 1. The molecule has 1 heterocycles. The Bertz CT molecular complexity index is 676. The van der Waals surface area contributed by atoms with E-state index < -0.39 is 20.0 Å². The van der Waals surface area contributed by atoms with E-state index in [4.69, 9.17) is 0 Å². The van der Waals surface area contributed by atoms with Gasteiger partial charge in [-0.25, -0.2) is 0 Å². The number of aromatic amines is 1. The number of nitro benzene ring substituents is 1. The number of nitrogens with one attached hydrogen (secondary N) is 1. The Morgan fingerprint density at radius 1 is 1.38 bits per heavy atom. The largest absolute Gasteiger partial charge is 0.360 e. The average molecular weight is 244 g/mol. The Hall–Kier alpha value is -1.96. The fraction of sp³-hybridized carbons (Fsp3) is 0. The van der Waals surface area contributed by atoms with Gasteiger partial charge in [0.05, 0.1) is 10.4 Å². The van der Waals surface area contributed by atoms with Gasteiger partial charge >= 0.3 is 10.2 Å². The Morgan fingerprint density at radius 2 is 2.06 bits per heavy atom. The average Bonchev–Trinajstić information content (AvgIpc) is 2.58. The third kappa shape index (κ3) is 1.63. The molecule has 1 aromatic heterocycles. The number of hydrogen-bond donors (Lipinski definition) is 1. The van der Waals surface area contributed by atoms with Crippen LogP contribution in [0.15, 0.2) is 29.3 Å². The van der Waals surface area contributed by atoms with Gasteiger partial charge in [0.2, 0.25) is 0 Å². The zero-order valence-corrected chi connectivity index (χ0v) is 8.49. The molecule has 0 aliphatic carbocycles. The first-order chi connectivity index (χ1) is 7.39. The zero-order valence-electron chi connectivity index (χ0n) is 7.68. The molecule has 6 nitrogen and oxygen atoms in total. The minimum Gasteiger partial charge on any atom is -0.360 e. The lowest BCUT2D eigenvalue weighted by Crippen LogP contribution is -1.90. The fourth-order valence-corrected chi connectivity index (χ4v) is 2.04. The van der Waals surface area contributed by atoms with Gasteiger partial charge in [-0.05, 0) is 6.07 Å². The lowest BCUT2D eigenvalue weighted by Gasteiger charge is -1.93. The second-order valence-electron chi connectivity index (χ2n) is 3.08. The number of benzene rings is 1. The van der Waals surface area contributed by atoms with E-state index in [1.807, 2.05) is 0 Å². The van der Waals surface area contributed by atoms with E-state index in [1.54, 1.807) is 0 Å². The molecule has 0 bridgehead atoms. The van der Waals surface area contributed by atoms with Gasteiger partial charge < -0.3 is 4.98 Å². The molecule has 0 spiro atoms. The predicted octanol–water partition coefficient (Wildman–Crippen LogP) is 1.73. The van der Waals surface area contributed by atoms with Crippen LogP contribution in [0.5, 0.6) is 0 Å². The second kappa shape index (κ2) is 3.27.